The van der Waals surface area contributed by atoms with Gasteiger partial charge in [0.25, 0.3) is 0 Å². The zero-order valence-corrected chi connectivity index (χ0v) is 15.7. The fourth-order valence-electron chi connectivity index (χ4n) is 2.87. The third-order valence-corrected chi connectivity index (χ3v) is 5.21. The molecule has 0 spiro atoms. The van der Waals surface area contributed by atoms with Crippen molar-refractivity contribution in [2.75, 3.05) is 11.1 Å². The molecule has 4 rings (SSSR count). The summed E-state index contributed by atoms with van der Waals surface area (Å²) in [6, 6.07) is 14.9. The minimum atomic E-state index is -0.584. The van der Waals surface area contributed by atoms with Gasteiger partial charge in [0.1, 0.15) is 5.75 Å². The number of ether oxygens (including phenoxy) is 1. The summed E-state index contributed by atoms with van der Waals surface area (Å²) < 4.78 is 6.16. The highest BCUT2D eigenvalue weighted by molar-refractivity contribution is 7.99. The number of hydrogen-bond donors (Lipinski definition) is 2. The summed E-state index contributed by atoms with van der Waals surface area (Å²) in [4.78, 5) is 4.59. The van der Waals surface area contributed by atoms with Crippen LogP contribution >= 0.6 is 11.8 Å². The Morgan fingerprint density at radius 3 is 2.78 bits per heavy atom. The first kappa shape index (κ1) is 17.6. The Bertz CT molecular complexity index is 951. The number of thioether (sulfide) groups is 1. The number of unbranched alkanes of at least 4 members (excludes halogenated alkanes) is 1. The van der Waals surface area contributed by atoms with Crippen LogP contribution in [0.25, 0.3) is 11.3 Å². The smallest absolute Gasteiger partial charge is 0.247 e. The van der Waals surface area contributed by atoms with Crippen molar-refractivity contribution >= 4 is 17.4 Å². The highest BCUT2D eigenvalue weighted by Gasteiger charge is 2.27. The van der Waals surface area contributed by atoms with Gasteiger partial charge in [-0.1, -0.05) is 55.4 Å². The second-order valence-corrected chi connectivity index (χ2v) is 7.26. The summed E-state index contributed by atoms with van der Waals surface area (Å²) in [6.07, 6.45) is 1.63. The molecule has 1 aliphatic heterocycles. The molecule has 1 aromatic heterocycles. The van der Waals surface area contributed by atoms with Crippen molar-refractivity contribution in [1.29, 1.82) is 0 Å². The molecule has 1 aliphatic rings. The molecule has 0 saturated carbocycles. The average Bonchev–Trinajstić information content (AvgIpc) is 2.85. The topological polar surface area (TPSA) is 80.2 Å². The standard InChI is InChI=1S/C20H20N4O2S/c1-2-3-12-27-20-22-19-17(23-24-20)13-8-4-6-10-15(13)21-18(26-19)14-9-5-7-11-16(14)25/h4-11,18,21,25H,2-3,12H2,1H3. The van der Waals surface area contributed by atoms with Gasteiger partial charge < -0.3 is 15.2 Å². The van der Waals surface area contributed by atoms with Crippen molar-refractivity contribution in [3.8, 4) is 22.9 Å². The molecule has 0 bridgehead atoms. The second kappa shape index (κ2) is 7.84. The molecule has 6 nitrogen and oxygen atoms in total. The number of hydrogen-bond acceptors (Lipinski definition) is 7. The molecule has 138 valence electrons. The molecule has 0 saturated heterocycles. The van der Waals surface area contributed by atoms with Crippen molar-refractivity contribution in [1.82, 2.24) is 15.2 Å². The maximum absolute atomic E-state index is 10.3. The Labute approximate surface area is 162 Å². The lowest BCUT2D eigenvalue weighted by atomic mass is 10.1. The second-order valence-electron chi connectivity index (χ2n) is 6.20. The van der Waals surface area contributed by atoms with Gasteiger partial charge in [0.2, 0.25) is 17.3 Å². The van der Waals surface area contributed by atoms with Gasteiger partial charge in [-0.25, -0.2) is 0 Å². The van der Waals surface area contributed by atoms with Crippen molar-refractivity contribution in [3.05, 3.63) is 54.1 Å². The predicted molar refractivity (Wildman–Crippen MR) is 106 cm³/mol. The molecule has 3 aromatic rings. The first-order valence-electron chi connectivity index (χ1n) is 8.94. The van der Waals surface area contributed by atoms with Gasteiger partial charge in [-0.05, 0) is 24.6 Å². The van der Waals surface area contributed by atoms with Crippen LogP contribution in [0, 0.1) is 0 Å². The summed E-state index contributed by atoms with van der Waals surface area (Å²) in [5, 5.41) is 22.9. The number of benzene rings is 2. The fourth-order valence-corrected chi connectivity index (χ4v) is 3.73. The van der Waals surface area contributed by atoms with E-state index in [0.29, 0.717) is 22.3 Å². The highest BCUT2D eigenvalue weighted by Crippen LogP contribution is 2.40. The number of rotatable bonds is 5. The third-order valence-electron chi connectivity index (χ3n) is 4.28. The molecule has 2 aromatic carbocycles. The number of nitrogens with zero attached hydrogens (tertiary/aromatic N) is 3. The summed E-state index contributed by atoms with van der Waals surface area (Å²) in [7, 11) is 0. The van der Waals surface area contributed by atoms with E-state index in [4.69, 9.17) is 4.74 Å². The SMILES string of the molecule is CCCCSc1nnc2c(n1)OC(c1ccccc1O)Nc1ccccc1-2. The zero-order valence-electron chi connectivity index (χ0n) is 14.9. The number of nitrogens with one attached hydrogen (secondary N) is 1. The first-order chi connectivity index (χ1) is 13.3. The minimum Gasteiger partial charge on any atom is -0.507 e. The summed E-state index contributed by atoms with van der Waals surface area (Å²) in [5.74, 6) is 1.51. The molecule has 1 unspecified atom stereocenters. The molecule has 0 fully saturated rings. The van der Waals surface area contributed by atoms with E-state index < -0.39 is 6.23 Å². The largest absolute Gasteiger partial charge is 0.507 e. The normalized spacial score (nSPS) is 15.1. The van der Waals surface area contributed by atoms with Gasteiger partial charge in [0.05, 0.1) is 5.56 Å². The van der Waals surface area contributed by atoms with E-state index in [1.807, 2.05) is 36.4 Å². The Morgan fingerprint density at radius 1 is 1.11 bits per heavy atom. The number of phenols is 1. The van der Waals surface area contributed by atoms with E-state index >= 15 is 0 Å². The number of phenolic OH excluding ortho intramolecular Hbond substituents is 1. The molecule has 1 atom stereocenters. The van der Waals surface area contributed by atoms with Crippen molar-refractivity contribution in [3.63, 3.8) is 0 Å². The van der Waals surface area contributed by atoms with Crippen LogP contribution in [0.15, 0.2) is 53.7 Å². The lowest BCUT2D eigenvalue weighted by Gasteiger charge is -2.20. The predicted octanol–water partition coefficient (Wildman–Crippen LogP) is 4.64. The molecule has 0 amide bonds. The van der Waals surface area contributed by atoms with Crippen LogP contribution in [0.4, 0.5) is 5.69 Å². The summed E-state index contributed by atoms with van der Waals surface area (Å²) >= 11 is 1.57. The Morgan fingerprint density at radius 2 is 1.93 bits per heavy atom. The van der Waals surface area contributed by atoms with Gasteiger partial charge >= 0.3 is 0 Å². The van der Waals surface area contributed by atoms with Crippen LogP contribution in [-0.4, -0.2) is 26.0 Å². The molecule has 2 heterocycles. The zero-order chi connectivity index (χ0) is 18.6. The van der Waals surface area contributed by atoms with Gasteiger partial charge in [-0.2, -0.15) is 4.98 Å². The van der Waals surface area contributed by atoms with Crippen LogP contribution in [-0.2, 0) is 0 Å². The van der Waals surface area contributed by atoms with Crippen LogP contribution in [0.5, 0.6) is 11.6 Å². The number of aromatic hydroxyl groups is 1. The van der Waals surface area contributed by atoms with E-state index in [1.54, 1.807) is 23.9 Å². The molecule has 2 N–H and O–H groups in total. The molecular formula is C20H20N4O2S. The number of aromatic nitrogens is 3. The van der Waals surface area contributed by atoms with Crippen LogP contribution < -0.4 is 10.1 Å². The van der Waals surface area contributed by atoms with E-state index in [9.17, 15) is 5.11 Å². The van der Waals surface area contributed by atoms with Crippen molar-refractivity contribution in [2.45, 2.75) is 31.1 Å². The lowest BCUT2D eigenvalue weighted by molar-refractivity contribution is 0.220. The Hall–Kier alpha value is -2.80. The monoisotopic (exact) mass is 380 g/mol. The number of fused-ring (bicyclic) bond motifs is 3. The van der Waals surface area contributed by atoms with E-state index in [0.717, 1.165) is 29.8 Å². The Balaban J connectivity index is 1.76. The molecule has 7 heteroatoms. The fraction of sp³-hybridized carbons (Fsp3) is 0.250. The molecule has 0 aliphatic carbocycles. The van der Waals surface area contributed by atoms with Crippen LogP contribution in [0.1, 0.15) is 31.6 Å². The van der Waals surface area contributed by atoms with Crippen molar-refractivity contribution in [2.24, 2.45) is 0 Å². The summed E-state index contributed by atoms with van der Waals surface area (Å²) in [6.45, 7) is 2.15. The highest BCUT2D eigenvalue weighted by atomic mass is 32.2. The van der Waals surface area contributed by atoms with Crippen LogP contribution in [0.2, 0.25) is 0 Å². The third kappa shape index (κ3) is 3.68. The first-order valence-corrected chi connectivity index (χ1v) is 9.93. The number of para-hydroxylation sites is 2. The van der Waals surface area contributed by atoms with Gasteiger partial charge in [-0.15, -0.1) is 10.2 Å². The van der Waals surface area contributed by atoms with E-state index in [2.05, 4.69) is 27.4 Å². The van der Waals surface area contributed by atoms with Crippen molar-refractivity contribution < 1.29 is 9.84 Å². The molecule has 27 heavy (non-hydrogen) atoms. The Kier molecular flexibility index (Phi) is 5.11. The van der Waals surface area contributed by atoms with Gasteiger partial charge in [0.15, 0.2) is 5.69 Å². The van der Waals surface area contributed by atoms with E-state index in [-0.39, 0.29) is 5.75 Å². The summed E-state index contributed by atoms with van der Waals surface area (Å²) in [5.41, 5.74) is 2.96. The van der Waals surface area contributed by atoms with Crippen LogP contribution in [0.3, 0.4) is 0 Å². The van der Waals surface area contributed by atoms with Gasteiger partial charge in [-0.3, -0.25) is 0 Å². The average molecular weight is 380 g/mol. The van der Waals surface area contributed by atoms with E-state index in [1.165, 1.54) is 0 Å². The molecule has 0 radical (unpaired) electrons. The maximum Gasteiger partial charge on any atom is 0.247 e. The lowest BCUT2D eigenvalue weighted by Crippen LogP contribution is -2.17. The maximum atomic E-state index is 10.3. The molecular weight excluding hydrogens is 360 g/mol. The number of anilines is 1. The quantitative estimate of drug-likeness (QED) is 0.493. The van der Waals surface area contributed by atoms with Gasteiger partial charge in [0, 0.05) is 17.0 Å². The minimum absolute atomic E-state index is 0.162.